The second-order valence-corrected chi connectivity index (χ2v) is 6.98. The molecule has 0 spiro atoms. The zero-order valence-electron chi connectivity index (χ0n) is 12.9. The predicted octanol–water partition coefficient (Wildman–Crippen LogP) is 3.31. The number of carbonyl (C=O) groups is 2. The van der Waals surface area contributed by atoms with Gasteiger partial charge in [-0.3, -0.25) is 9.59 Å². The van der Waals surface area contributed by atoms with Gasteiger partial charge in [-0.05, 0) is 42.2 Å². The van der Waals surface area contributed by atoms with Crippen LogP contribution in [0.15, 0.2) is 34.9 Å². The van der Waals surface area contributed by atoms with Crippen molar-refractivity contribution >= 4 is 34.6 Å². The molecule has 6 nitrogen and oxygen atoms in total. The minimum Gasteiger partial charge on any atom is -0.461 e. The van der Waals surface area contributed by atoms with Crippen LogP contribution in [0.2, 0.25) is 0 Å². The fraction of sp³-hybridized carbons (Fsp3) is 0.250. The standard InChI is InChI=1S/C16H15N3O3S2/c1-2-4-11-15(24-19-18-11)16(21)17-9-10-6-7-13(23-10)14(20)12-5-3-8-22-12/h3,5-8H,2,4,9H2,1H3,(H,17,21). The maximum Gasteiger partial charge on any atom is 0.265 e. The van der Waals surface area contributed by atoms with E-state index in [9.17, 15) is 9.59 Å². The van der Waals surface area contributed by atoms with Gasteiger partial charge in [0.15, 0.2) is 5.76 Å². The van der Waals surface area contributed by atoms with Gasteiger partial charge in [0.05, 0.1) is 23.4 Å². The molecule has 3 aromatic heterocycles. The highest BCUT2D eigenvalue weighted by molar-refractivity contribution is 7.14. The second-order valence-electron chi connectivity index (χ2n) is 5.05. The van der Waals surface area contributed by atoms with Crippen molar-refractivity contribution in [3.63, 3.8) is 0 Å². The van der Waals surface area contributed by atoms with Gasteiger partial charge in [0, 0.05) is 4.88 Å². The van der Waals surface area contributed by atoms with Crippen molar-refractivity contribution in [2.45, 2.75) is 26.3 Å². The number of amides is 1. The summed E-state index contributed by atoms with van der Waals surface area (Å²) in [5, 5.41) is 6.85. The first-order valence-corrected chi connectivity index (χ1v) is 9.04. The number of aromatic nitrogens is 2. The van der Waals surface area contributed by atoms with E-state index in [1.165, 1.54) is 17.6 Å². The van der Waals surface area contributed by atoms with Gasteiger partial charge in [0.25, 0.3) is 5.91 Å². The van der Waals surface area contributed by atoms with Gasteiger partial charge in [-0.25, -0.2) is 0 Å². The van der Waals surface area contributed by atoms with Gasteiger partial charge in [-0.15, -0.1) is 16.4 Å². The number of rotatable bonds is 7. The molecule has 1 amide bonds. The van der Waals surface area contributed by atoms with E-state index in [2.05, 4.69) is 14.9 Å². The Hall–Kier alpha value is -2.32. The van der Waals surface area contributed by atoms with E-state index >= 15 is 0 Å². The number of thiophene rings is 1. The minimum absolute atomic E-state index is 0.153. The SMILES string of the molecule is CCCc1nnsc1C(=O)NCc1ccc(C(=O)c2ccco2)s1. The number of ketones is 1. The van der Waals surface area contributed by atoms with Crippen molar-refractivity contribution in [3.05, 3.63) is 56.6 Å². The van der Waals surface area contributed by atoms with Crippen LogP contribution < -0.4 is 5.32 Å². The Bertz CT molecular complexity index is 837. The summed E-state index contributed by atoms with van der Waals surface area (Å²) < 4.78 is 8.97. The number of carbonyl (C=O) groups excluding carboxylic acids is 2. The molecule has 0 bridgehead atoms. The zero-order valence-corrected chi connectivity index (χ0v) is 14.6. The first-order valence-electron chi connectivity index (χ1n) is 7.45. The number of aryl methyl sites for hydroxylation is 1. The third-order valence-corrected chi connectivity index (χ3v) is 5.15. The first kappa shape index (κ1) is 16.5. The molecule has 0 aliphatic heterocycles. The molecule has 3 rings (SSSR count). The number of furan rings is 1. The number of nitrogens with zero attached hydrogens (tertiary/aromatic N) is 2. The van der Waals surface area contributed by atoms with Crippen molar-refractivity contribution in [1.29, 1.82) is 0 Å². The van der Waals surface area contributed by atoms with E-state index in [0.29, 0.717) is 22.1 Å². The summed E-state index contributed by atoms with van der Waals surface area (Å²) in [6.07, 6.45) is 3.12. The highest BCUT2D eigenvalue weighted by atomic mass is 32.1. The molecule has 0 saturated carbocycles. The highest BCUT2D eigenvalue weighted by Gasteiger charge is 2.17. The molecule has 8 heteroatoms. The minimum atomic E-state index is -0.180. The Morgan fingerprint density at radius 1 is 1.29 bits per heavy atom. The van der Waals surface area contributed by atoms with Gasteiger partial charge in [0.1, 0.15) is 4.88 Å². The Morgan fingerprint density at radius 2 is 2.17 bits per heavy atom. The molecule has 3 aromatic rings. The Labute approximate surface area is 146 Å². The highest BCUT2D eigenvalue weighted by Crippen LogP contribution is 2.21. The molecule has 0 saturated heterocycles. The van der Waals surface area contributed by atoms with Gasteiger partial charge >= 0.3 is 0 Å². The van der Waals surface area contributed by atoms with Gasteiger partial charge in [-0.1, -0.05) is 17.8 Å². The monoisotopic (exact) mass is 361 g/mol. The first-order chi connectivity index (χ1) is 11.7. The normalized spacial score (nSPS) is 10.7. The molecule has 24 heavy (non-hydrogen) atoms. The number of hydrogen-bond acceptors (Lipinski definition) is 7. The van der Waals surface area contributed by atoms with Crippen LogP contribution in [0, 0.1) is 0 Å². The molecule has 0 fully saturated rings. The average Bonchev–Trinajstić information content (AvgIpc) is 3.32. The van der Waals surface area contributed by atoms with Crippen molar-refractivity contribution in [1.82, 2.24) is 14.9 Å². The van der Waals surface area contributed by atoms with Gasteiger partial charge < -0.3 is 9.73 Å². The summed E-state index contributed by atoms with van der Waals surface area (Å²) >= 11 is 2.45. The van der Waals surface area contributed by atoms with Crippen LogP contribution in [0.5, 0.6) is 0 Å². The van der Waals surface area contributed by atoms with E-state index in [-0.39, 0.29) is 11.7 Å². The van der Waals surface area contributed by atoms with E-state index in [1.54, 1.807) is 18.2 Å². The summed E-state index contributed by atoms with van der Waals surface area (Å²) in [6, 6.07) is 6.89. The average molecular weight is 361 g/mol. The molecule has 1 N–H and O–H groups in total. The molecule has 3 heterocycles. The maximum atomic E-state index is 12.2. The van der Waals surface area contributed by atoms with E-state index in [0.717, 1.165) is 34.9 Å². The van der Waals surface area contributed by atoms with Crippen LogP contribution in [0.1, 0.15) is 49.0 Å². The molecular formula is C16H15N3O3S2. The van der Waals surface area contributed by atoms with Crippen LogP contribution in [0.25, 0.3) is 0 Å². The zero-order chi connectivity index (χ0) is 16.9. The Kier molecular flexibility index (Phi) is 5.17. The third kappa shape index (κ3) is 3.60. The lowest BCUT2D eigenvalue weighted by molar-refractivity contribution is 0.0953. The fourth-order valence-corrected chi connectivity index (χ4v) is 3.67. The van der Waals surface area contributed by atoms with Gasteiger partial charge in [0.2, 0.25) is 5.78 Å². The molecule has 0 aromatic carbocycles. The molecule has 0 aliphatic rings. The van der Waals surface area contributed by atoms with Crippen LogP contribution in [-0.2, 0) is 13.0 Å². The lowest BCUT2D eigenvalue weighted by Gasteiger charge is -2.02. The van der Waals surface area contributed by atoms with Crippen LogP contribution in [0.4, 0.5) is 0 Å². The van der Waals surface area contributed by atoms with Crippen molar-refractivity contribution in [2.24, 2.45) is 0 Å². The van der Waals surface area contributed by atoms with Crippen molar-refractivity contribution < 1.29 is 14.0 Å². The van der Waals surface area contributed by atoms with Crippen LogP contribution in [0.3, 0.4) is 0 Å². The lowest BCUT2D eigenvalue weighted by Crippen LogP contribution is -2.22. The topological polar surface area (TPSA) is 85.1 Å². The summed E-state index contributed by atoms with van der Waals surface area (Å²) in [5.74, 6) is -0.0207. The third-order valence-electron chi connectivity index (χ3n) is 3.30. The van der Waals surface area contributed by atoms with E-state index < -0.39 is 0 Å². The molecule has 0 atom stereocenters. The summed E-state index contributed by atoms with van der Waals surface area (Å²) in [4.78, 5) is 26.5. The smallest absolute Gasteiger partial charge is 0.265 e. The fourth-order valence-electron chi connectivity index (χ4n) is 2.15. The summed E-state index contributed by atoms with van der Waals surface area (Å²) in [7, 11) is 0. The summed E-state index contributed by atoms with van der Waals surface area (Å²) in [6.45, 7) is 2.39. The molecule has 0 unspecified atom stereocenters. The number of nitrogens with one attached hydrogen (secondary N) is 1. The van der Waals surface area contributed by atoms with Crippen molar-refractivity contribution in [3.8, 4) is 0 Å². The van der Waals surface area contributed by atoms with Crippen LogP contribution in [-0.4, -0.2) is 21.3 Å². The Morgan fingerprint density at radius 3 is 2.92 bits per heavy atom. The van der Waals surface area contributed by atoms with Gasteiger partial charge in [-0.2, -0.15) is 0 Å². The van der Waals surface area contributed by atoms with E-state index in [4.69, 9.17) is 4.42 Å². The van der Waals surface area contributed by atoms with E-state index in [1.807, 2.05) is 13.0 Å². The predicted molar refractivity (Wildman–Crippen MR) is 91.5 cm³/mol. The molecule has 0 aliphatic carbocycles. The Balaban J connectivity index is 1.62. The molecular weight excluding hydrogens is 346 g/mol. The maximum absolute atomic E-state index is 12.2. The quantitative estimate of drug-likeness (QED) is 0.653. The van der Waals surface area contributed by atoms with Crippen LogP contribution >= 0.6 is 22.9 Å². The summed E-state index contributed by atoms with van der Waals surface area (Å²) in [5.41, 5.74) is 0.736. The second kappa shape index (κ2) is 7.50. The number of hydrogen-bond donors (Lipinski definition) is 1. The largest absolute Gasteiger partial charge is 0.461 e. The van der Waals surface area contributed by atoms with Crippen molar-refractivity contribution in [2.75, 3.05) is 0 Å². The lowest BCUT2D eigenvalue weighted by atomic mass is 10.2. The molecule has 124 valence electrons. The molecule has 0 radical (unpaired) electrons.